The van der Waals surface area contributed by atoms with Gasteiger partial charge in [0, 0.05) is 17.7 Å². The number of nitrogens with one attached hydrogen (secondary N) is 1. The fourth-order valence-corrected chi connectivity index (χ4v) is 3.13. The Balaban J connectivity index is 1.82. The second-order valence-corrected chi connectivity index (χ2v) is 6.39. The summed E-state index contributed by atoms with van der Waals surface area (Å²) in [6.07, 6.45) is 1.66. The van der Waals surface area contributed by atoms with Crippen LogP contribution >= 0.6 is 0 Å². The fraction of sp³-hybridized carbons (Fsp3) is 0.318. The van der Waals surface area contributed by atoms with E-state index in [2.05, 4.69) is 24.1 Å². The molecule has 0 unspecified atom stereocenters. The Hall–Kier alpha value is -3.15. The summed E-state index contributed by atoms with van der Waals surface area (Å²) < 4.78 is 10.6. The highest BCUT2D eigenvalue weighted by Crippen LogP contribution is 2.24. The summed E-state index contributed by atoms with van der Waals surface area (Å²) in [6.45, 7) is 4.47. The van der Waals surface area contributed by atoms with E-state index in [1.807, 2.05) is 24.3 Å². The van der Waals surface area contributed by atoms with Crippen LogP contribution in [0, 0.1) is 0 Å². The predicted octanol–water partition coefficient (Wildman–Crippen LogP) is 3.70. The summed E-state index contributed by atoms with van der Waals surface area (Å²) in [4.78, 5) is 22.0. The standard InChI is InChI=1S/C22H25N3O3/c1-5-17-18(6-2)25-20-12-14(7-9-19(20)24-17)22(26)23-13-15-11-16(27-3)8-10-21(15)28-4/h7-12H,5-6,13H2,1-4H3,(H,23,26). The molecule has 0 saturated carbocycles. The second-order valence-electron chi connectivity index (χ2n) is 6.39. The first-order valence-corrected chi connectivity index (χ1v) is 9.38. The molecule has 0 fully saturated rings. The first-order chi connectivity index (χ1) is 13.6. The van der Waals surface area contributed by atoms with Gasteiger partial charge in [-0.05, 0) is 49.2 Å². The molecule has 0 saturated heterocycles. The number of ether oxygens (including phenoxy) is 2. The molecule has 1 amide bonds. The van der Waals surface area contributed by atoms with Gasteiger partial charge in [0.1, 0.15) is 11.5 Å². The summed E-state index contributed by atoms with van der Waals surface area (Å²) >= 11 is 0. The Bertz CT molecular complexity index is 1000. The lowest BCUT2D eigenvalue weighted by atomic mass is 10.1. The summed E-state index contributed by atoms with van der Waals surface area (Å²) in [5, 5.41) is 2.93. The van der Waals surface area contributed by atoms with E-state index in [-0.39, 0.29) is 5.91 Å². The first kappa shape index (κ1) is 19.6. The number of aryl methyl sites for hydroxylation is 2. The highest BCUT2D eigenvalue weighted by Gasteiger charge is 2.12. The third-order valence-corrected chi connectivity index (χ3v) is 4.68. The average Bonchev–Trinajstić information content (AvgIpc) is 2.75. The zero-order chi connectivity index (χ0) is 20.1. The predicted molar refractivity (Wildman–Crippen MR) is 109 cm³/mol. The van der Waals surface area contributed by atoms with Crippen molar-refractivity contribution < 1.29 is 14.3 Å². The largest absolute Gasteiger partial charge is 0.497 e. The van der Waals surface area contributed by atoms with Crippen LogP contribution in [-0.2, 0) is 19.4 Å². The van der Waals surface area contributed by atoms with Crippen molar-refractivity contribution in [2.24, 2.45) is 0 Å². The Morgan fingerprint density at radius 1 is 0.929 bits per heavy atom. The number of amides is 1. The molecule has 0 bridgehead atoms. The summed E-state index contributed by atoms with van der Waals surface area (Å²) in [7, 11) is 3.21. The molecule has 3 rings (SSSR count). The molecule has 0 radical (unpaired) electrons. The van der Waals surface area contributed by atoms with Crippen molar-refractivity contribution in [2.75, 3.05) is 14.2 Å². The minimum atomic E-state index is -0.175. The molecule has 6 nitrogen and oxygen atoms in total. The van der Waals surface area contributed by atoms with E-state index < -0.39 is 0 Å². The maximum absolute atomic E-state index is 12.7. The normalized spacial score (nSPS) is 10.7. The number of carbonyl (C=O) groups excluding carboxylic acids is 1. The summed E-state index contributed by atoms with van der Waals surface area (Å²) in [5.74, 6) is 1.24. The Labute approximate surface area is 164 Å². The van der Waals surface area contributed by atoms with E-state index in [1.54, 1.807) is 26.4 Å². The van der Waals surface area contributed by atoms with E-state index in [9.17, 15) is 4.79 Å². The first-order valence-electron chi connectivity index (χ1n) is 9.38. The van der Waals surface area contributed by atoms with Crippen LogP contribution in [0.1, 0.15) is 41.2 Å². The van der Waals surface area contributed by atoms with Gasteiger partial charge in [-0.3, -0.25) is 4.79 Å². The van der Waals surface area contributed by atoms with Gasteiger partial charge in [-0.25, -0.2) is 9.97 Å². The van der Waals surface area contributed by atoms with Crippen LogP contribution in [0.3, 0.4) is 0 Å². The molecule has 28 heavy (non-hydrogen) atoms. The minimum absolute atomic E-state index is 0.175. The molecule has 2 aromatic carbocycles. The summed E-state index contributed by atoms with van der Waals surface area (Å²) in [6, 6.07) is 10.9. The van der Waals surface area contributed by atoms with Gasteiger partial charge in [0.15, 0.2) is 0 Å². The van der Waals surface area contributed by atoms with Crippen molar-refractivity contribution in [1.82, 2.24) is 15.3 Å². The number of rotatable bonds is 7. The monoisotopic (exact) mass is 379 g/mol. The number of hydrogen-bond donors (Lipinski definition) is 1. The highest BCUT2D eigenvalue weighted by atomic mass is 16.5. The molecule has 0 aliphatic carbocycles. The quantitative estimate of drug-likeness (QED) is 0.678. The molecule has 1 aromatic heterocycles. The second kappa shape index (κ2) is 8.69. The number of nitrogens with zero attached hydrogens (tertiary/aromatic N) is 2. The molecule has 0 aliphatic heterocycles. The average molecular weight is 379 g/mol. The van der Waals surface area contributed by atoms with Gasteiger partial charge < -0.3 is 14.8 Å². The van der Waals surface area contributed by atoms with Gasteiger partial charge in [0.2, 0.25) is 0 Å². The highest BCUT2D eigenvalue weighted by molar-refractivity contribution is 5.97. The summed E-state index contributed by atoms with van der Waals surface area (Å²) in [5.41, 5.74) is 4.93. The minimum Gasteiger partial charge on any atom is -0.497 e. The Kier molecular flexibility index (Phi) is 6.09. The van der Waals surface area contributed by atoms with Gasteiger partial charge in [0.25, 0.3) is 5.91 Å². The van der Waals surface area contributed by atoms with Crippen LogP contribution in [0.15, 0.2) is 36.4 Å². The third kappa shape index (κ3) is 4.06. The molecule has 0 atom stereocenters. The smallest absolute Gasteiger partial charge is 0.251 e. The lowest BCUT2D eigenvalue weighted by Gasteiger charge is -2.12. The molecule has 1 heterocycles. The van der Waals surface area contributed by atoms with Gasteiger partial charge in [0.05, 0.1) is 36.6 Å². The zero-order valence-electron chi connectivity index (χ0n) is 16.7. The zero-order valence-corrected chi connectivity index (χ0v) is 16.7. The number of fused-ring (bicyclic) bond motifs is 1. The van der Waals surface area contributed by atoms with E-state index >= 15 is 0 Å². The number of methoxy groups -OCH3 is 2. The van der Waals surface area contributed by atoms with Gasteiger partial charge >= 0.3 is 0 Å². The number of benzene rings is 2. The SMILES string of the molecule is CCc1nc2ccc(C(=O)NCc3cc(OC)ccc3OC)cc2nc1CC. The van der Waals surface area contributed by atoms with Gasteiger partial charge in [-0.15, -0.1) is 0 Å². The van der Waals surface area contributed by atoms with Crippen molar-refractivity contribution >= 4 is 16.9 Å². The van der Waals surface area contributed by atoms with Crippen LogP contribution in [0.4, 0.5) is 0 Å². The van der Waals surface area contributed by atoms with E-state index in [0.717, 1.165) is 40.8 Å². The van der Waals surface area contributed by atoms with E-state index in [4.69, 9.17) is 14.5 Å². The topological polar surface area (TPSA) is 73.3 Å². The van der Waals surface area contributed by atoms with Crippen LogP contribution < -0.4 is 14.8 Å². The number of hydrogen-bond acceptors (Lipinski definition) is 5. The third-order valence-electron chi connectivity index (χ3n) is 4.68. The number of aromatic nitrogens is 2. The molecule has 6 heteroatoms. The van der Waals surface area contributed by atoms with Crippen molar-refractivity contribution in [3.63, 3.8) is 0 Å². The fourth-order valence-electron chi connectivity index (χ4n) is 3.13. The van der Waals surface area contributed by atoms with Crippen LogP contribution in [0.2, 0.25) is 0 Å². The van der Waals surface area contributed by atoms with Crippen molar-refractivity contribution in [3.05, 3.63) is 58.9 Å². The Morgan fingerprint density at radius 2 is 1.64 bits per heavy atom. The maximum atomic E-state index is 12.7. The molecule has 0 aliphatic rings. The lowest BCUT2D eigenvalue weighted by molar-refractivity contribution is 0.0950. The lowest BCUT2D eigenvalue weighted by Crippen LogP contribution is -2.23. The van der Waals surface area contributed by atoms with Crippen LogP contribution in [-0.4, -0.2) is 30.1 Å². The molecule has 3 aromatic rings. The molecular formula is C22H25N3O3. The van der Waals surface area contributed by atoms with Crippen molar-refractivity contribution in [2.45, 2.75) is 33.2 Å². The van der Waals surface area contributed by atoms with Crippen LogP contribution in [0.5, 0.6) is 11.5 Å². The van der Waals surface area contributed by atoms with Gasteiger partial charge in [-0.2, -0.15) is 0 Å². The van der Waals surface area contributed by atoms with E-state index in [1.165, 1.54) is 0 Å². The van der Waals surface area contributed by atoms with Gasteiger partial charge in [-0.1, -0.05) is 13.8 Å². The Morgan fingerprint density at radius 3 is 2.29 bits per heavy atom. The molecule has 1 N–H and O–H groups in total. The van der Waals surface area contributed by atoms with E-state index in [0.29, 0.717) is 23.6 Å². The maximum Gasteiger partial charge on any atom is 0.251 e. The number of carbonyl (C=O) groups is 1. The molecule has 0 spiro atoms. The molecular weight excluding hydrogens is 354 g/mol. The van der Waals surface area contributed by atoms with Crippen LogP contribution in [0.25, 0.3) is 11.0 Å². The molecule has 146 valence electrons. The van der Waals surface area contributed by atoms with Crippen molar-refractivity contribution in [3.8, 4) is 11.5 Å². The van der Waals surface area contributed by atoms with Crippen molar-refractivity contribution in [1.29, 1.82) is 0 Å².